The van der Waals surface area contributed by atoms with Gasteiger partial charge in [0.25, 0.3) is 0 Å². The quantitative estimate of drug-likeness (QED) is 0.931. The van der Waals surface area contributed by atoms with Gasteiger partial charge in [0.1, 0.15) is 0 Å². The van der Waals surface area contributed by atoms with E-state index in [0.29, 0.717) is 0 Å². The number of aromatic nitrogens is 1. The lowest BCUT2D eigenvalue weighted by molar-refractivity contribution is 0.643. The van der Waals surface area contributed by atoms with Gasteiger partial charge in [-0.15, -0.1) is 11.3 Å². The van der Waals surface area contributed by atoms with E-state index in [9.17, 15) is 0 Å². The summed E-state index contributed by atoms with van der Waals surface area (Å²) in [6, 6.07) is 8.75. The van der Waals surface area contributed by atoms with Crippen LogP contribution >= 0.6 is 11.3 Å². The molecule has 2 aromatic rings. The predicted octanol–water partition coefficient (Wildman–Crippen LogP) is 2.45. The summed E-state index contributed by atoms with van der Waals surface area (Å²) in [6.45, 7) is 2.06. The number of hydrogen-bond donors (Lipinski definition) is 1. The molecule has 0 unspecified atom stereocenters. The molecular weight excluding hydrogens is 254 g/mol. The molecule has 0 saturated heterocycles. The van der Waals surface area contributed by atoms with Gasteiger partial charge in [-0.1, -0.05) is 12.1 Å². The Labute approximate surface area is 118 Å². The van der Waals surface area contributed by atoms with Crippen molar-refractivity contribution in [2.75, 3.05) is 25.5 Å². The van der Waals surface area contributed by atoms with E-state index in [1.807, 2.05) is 11.3 Å². The summed E-state index contributed by atoms with van der Waals surface area (Å²) in [5.41, 5.74) is 3.89. The van der Waals surface area contributed by atoms with Crippen LogP contribution in [0.4, 0.5) is 5.69 Å². The van der Waals surface area contributed by atoms with Crippen molar-refractivity contribution in [3.05, 3.63) is 45.4 Å². The van der Waals surface area contributed by atoms with E-state index >= 15 is 0 Å². The monoisotopic (exact) mass is 273 g/mol. The summed E-state index contributed by atoms with van der Waals surface area (Å²) < 4.78 is 0. The van der Waals surface area contributed by atoms with Crippen LogP contribution in [0, 0.1) is 0 Å². The summed E-state index contributed by atoms with van der Waals surface area (Å²) in [6.07, 6.45) is 2.02. The third-order valence-corrected chi connectivity index (χ3v) is 4.55. The van der Waals surface area contributed by atoms with E-state index in [-0.39, 0.29) is 0 Å². The number of nitrogens with zero attached hydrogens (tertiary/aromatic N) is 2. The van der Waals surface area contributed by atoms with Gasteiger partial charge in [-0.05, 0) is 17.7 Å². The first-order valence-corrected chi connectivity index (χ1v) is 7.48. The Kier molecular flexibility index (Phi) is 3.53. The van der Waals surface area contributed by atoms with Crippen LogP contribution in [0.2, 0.25) is 0 Å². The molecule has 3 nitrogen and oxygen atoms in total. The molecule has 0 aliphatic carbocycles. The van der Waals surface area contributed by atoms with Crippen molar-refractivity contribution in [2.24, 2.45) is 0 Å². The highest BCUT2D eigenvalue weighted by atomic mass is 32.1. The lowest BCUT2D eigenvalue weighted by atomic mass is 10.1. The van der Waals surface area contributed by atoms with Crippen LogP contribution in [0.1, 0.15) is 21.1 Å². The average Bonchev–Trinajstić information content (AvgIpc) is 2.81. The first-order valence-electron chi connectivity index (χ1n) is 6.67. The van der Waals surface area contributed by atoms with Crippen molar-refractivity contribution in [3.8, 4) is 0 Å². The molecule has 1 aromatic carbocycles. The van der Waals surface area contributed by atoms with Gasteiger partial charge < -0.3 is 10.2 Å². The number of fused-ring (bicyclic) bond motifs is 1. The molecule has 0 fully saturated rings. The number of nitrogens with one attached hydrogen (secondary N) is 1. The summed E-state index contributed by atoms with van der Waals surface area (Å²) in [5.74, 6) is 0. The average molecular weight is 273 g/mol. The fourth-order valence-electron chi connectivity index (χ4n) is 2.34. The summed E-state index contributed by atoms with van der Waals surface area (Å²) >= 11 is 1.86. The lowest BCUT2D eigenvalue weighted by Gasteiger charge is -2.12. The molecule has 0 atom stereocenters. The van der Waals surface area contributed by atoms with Crippen LogP contribution < -0.4 is 10.2 Å². The molecule has 0 radical (unpaired) electrons. The molecule has 0 saturated carbocycles. The Morgan fingerprint density at radius 1 is 1.26 bits per heavy atom. The molecule has 2 heterocycles. The Bertz CT molecular complexity index is 534. The van der Waals surface area contributed by atoms with Crippen LogP contribution in [0.5, 0.6) is 0 Å². The van der Waals surface area contributed by atoms with Crippen LogP contribution in [-0.2, 0) is 19.4 Å². The van der Waals surface area contributed by atoms with Gasteiger partial charge in [0.05, 0.1) is 10.7 Å². The molecule has 0 amide bonds. The van der Waals surface area contributed by atoms with E-state index in [2.05, 4.69) is 48.6 Å². The lowest BCUT2D eigenvalue weighted by Crippen LogP contribution is -2.22. The van der Waals surface area contributed by atoms with Crippen molar-refractivity contribution in [3.63, 3.8) is 0 Å². The van der Waals surface area contributed by atoms with Crippen molar-refractivity contribution >= 4 is 17.0 Å². The van der Waals surface area contributed by atoms with E-state index in [0.717, 1.165) is 25.9 Å². The third kappa shape index (κ3) is 2.80. The summed E-state index contributed by atoms with van der Waals surface area (Å²) in [5, 5.41) is 4.64. The highest BCUT2D eigenvalue weighted by Gasteiger charge is 2.14. The summed E-state index contributed by atoms with van der Waals surface area (Å²) in [7, 11) is 4.13. The fourth-order valence-corrected chi connectivity index (χ4v) is 3.46. The van der Waals surface area contributed by atoms with E-state index in [4.69, 9.17) is 4.98 Å². The standard InChI is InChI=1S/C15H19N3S/c1-18(2)12-5-3-11(4-6-12)9-15-17-13-7-8-16-10-14(13)19-15/h3-6,16H,7-10H2,1-2H3. The SMILES string of the molecule is CN(C)c1ccc(Cc2nc3c(s2)CNCC3)cc1. The van der Waals surface area contributed by atoms with Gasteiger partial charge in [-0.3, -0.25) is 0 Å². The topological polar surface area (TPSA) is 28.2 Å². The molecule has 1 N–H and O–H groups in total. The number of benzene rings is 1. The smallest absolute Gasteiger partial charge is 0.0975 e. The molecule has 1 aliphatic heterocycles. The molecule has 100 valence electrons. The van der Waals surface area contributed by atoms with Crippen LogP contribution in [0.3, 0.4) is 0 Å². The number of thiazole rings is 1. The highest BCUT2D eigenvalue weighted by molar-refractivity contribution is 7.11. The van der Waals surface area contributed by atoms with Gasteiger partial charge in [0.15, 0.2) is 0 Å². The van der Waals surface area contributed by atoms with Gasteiger partial charge in [0, 0.05) is 50.6 Å². The van der Waals surface area contributed by atoms with Gasteiger partial charge >= 0.3 is 0 Å². The van der Waals surface area contributed by atoms with Crippen molar-refractivity contribution < 1.29 is 0 Å². The summed E-state index contributed by atoms with van der Waals surface area (Å²) in [4.78, 5) is 8.32. The maximum absolute atomic E-state index is 4.77. The molecular formula is C15H19N3S. The Morgan fingerprint density at radius 3 is 2.74 bits per heavy atom. The minimum atomic E-state index is 0.950. The second-order valence-corrected chi connectivity index (χ2v) is 6.31. The largest absolute Gasteiger partial charge is 0.378 e. The van der Waals surface area contributed by atoms with Gasteiger partial charge in [-0.2, -0.15) is 0 Å². The van der Waals surface area contributed by atoms with E-state index in [1.165, 1.54) is 26.8 Å². The van der Waals surface area contributed by atoms with Crippen LogP contribution in [0.25, 0.3) is 0 Å². The number of rotatable bonds is 3. The van der Waals surface area contributed by atoms with E-state index in [1.54, 1.807) is 0 Å². The minimum absolute atomic E-state index is 0.950. The van der Waals surface area contributed by atoms with E-state index < -0.39 is 0 Å². The van der Waals surface area contributed by atoms with Crippen LogP contribution in [0.15, 0.2) is 24.3 Å². The third-order valence-electron chi connectivity index (χ3n) is 3.45. The molecule has 3 rings (SSSR count). The zero-order valence-electron chi connectivity index (χ0n) is 11.4. The second-order valence-electron chi connectivity index (χ2n) is 5.14. The molecule has 0 bridgehead atoms. The fraction of sp³-hybridized carbons (Fsp3) is 0.400. The Balaban J connectivity index is 1.75. The minimum Gasteiger partial charge on any atom is -0.378 e. The second kappa shape index (κ2) is 5.31. The first kappa shape index (κ1) is 12.6. The van der Waals surface area contributed by atoms with Gasteiger partial charge in [0.2, 0.25) is 0 Å². The molecule has 1 aliphatic rings. The number of anilines is 1. The zero-order valence-corrected chi connectivity index (χ0v) is 12.3. The normalized spacial score (nSPS) is 14.2. The maximum Gasteiger partial charge on any atom is 0.0975 e. The highest BCUT2D eigenvalue weighted by Crippen LogP contribution is 2.24. The van der Waals surface area contributed by atoms with Gasteiger partial charge in [-0.25, -0.2) is 4.98 Å². The van der Waals surface area contributed by atoms with Crippen LogP contribution in [-0.4, -0.2) is 25.6 Å². The van der Waals surface area contributed by atoms with Crippen molar-refractivity contribution in [2.45, 2.75) is 19.4 Å². The Hall–Kier alpha value is -1.39. The predicted molar refractivity (Wildman–Crippen MR) is 81.1 cm³/mol. The first-order chi connectivity index (χ1) is 9.22. The number of hydrogen-bond acceptors (Lipinski definition) is 4. The van der Waals surface area contributed by atoms with Crippen molar-refractivity contribution in [1.29, 1.82) is 0 Å². The Morgan fingerprint density at radius 2 is 2.05 bits per heavy atom. The molecule has 19 heavy (non-hydrogen) atoms. The molecule has 0 spiro atoms. The van der Waals surface area contributed by atoms with Crippen molar-refractivity contribution in [1.82, 2.24) is 10.3 Å². The maximum atomic E-state index is 4.77. The molecule has 1 aromatic heterocycles. The zero-order chi connectivity index (χ0) is 13.2. The molecule has 4 heteroatoms.